The molecule has 2 aliphatic rings. The van der Waals surface area contributed by atoms with Crippen LogP contribution in [0.25, 0.3) is 0 Å². The van der Waals surface area contributed by atoms with E-state index in [0.717, 1.165) is 50.6 Å². The van der Waals surface area contributed by atoms with Crippen LogP contribution in [0.15, 0.2) is 36.5 Å². The number of piperazine rings is 1. The van der Waals surface area contributed by atoms with Gasteiger partial charge < -0.3 is 19.9 Å². The average molecular weight is 367 g/mol. The highest BCUT2D eigenvalue weighted by Gasteiger charge is 2.18. The lowest BCUT2D eigenvalue weighted by molar-refractivity contribution is 0.313. The number of nitrogens with zero attached hydrogens (tertiary/aromatic N) is 3. The average Bonchev–Trinajstić information content (AvgIpc) is 2.90. The van der Waals surface area contributed by atoms with Gasteiger partial charge in [0, 0.05) is 32.2 Å². The molecule has 5 nitrogen and oxygen atoms in total. The van der Waals surface area contributed by atoms with Gasteiger partial charge in [0.25, 0.3) is 0 Å². The van der Waals surface area contributed by atoms with E-state index < -0.39 is 0 Å². The molecule has 1 N–H and O–H groups in total. The Labute approximate surface area is 162 Å². The normalized spacial score (nSPS) is 20.7. The number of likely N-dealkylation sites (N-methyl/N-ethyl adjacent to an activating group) is 1. The lowest BCUT2D eigenvalue weighted by Crippen LogP contribution is -2.44. The third kappa shape index (κ3) is 4.35. The highest BCUT2D eigenvalue weighted by Crippen LogP contribution is 2.26. The molecule has 1 saturated heterocycles. The minimum Gasteiger partial charge on any atom is -0.497 e. The standard InChI is InChI=1S/C22H30N4O/c1-25-10-12-26(13-11-25)20-7-9-22(23-16-20)24-19-5-3-4-17-6-8-21(27-2)15-18(17)14-19/h6-9,15-16,19H,3-5,10-14H2,1-2H3,(H,23,24). The Morgan fingerprint density at radius 2 is 1.93 bits per heavy atom. The zero-order chi connectivity index (χ0) is 18.6. The van der Waals surface area contributed by atoms with E-state index in [1.54, 1.807) is 7.11 Å². The molecule has 0 spiro atoms. The second-order valence-electron chi connectivity index (χ2n) is 7.76. The Balaban J connectivity index is 1.41. The van der Waals surface area contributed by atoms with Crippen molar-refractivity contribution in [1.82, 2.24) is 9.88 Å². The fourth-order valence-electron chi connectivity index (χ4n) is 4.13. The molecule has 27 heavy (non-hydrogen) atoms. The fourth-order valence-corrected chi connectivity index (χ4v) is 4.13. The van der Waals surface area contributed by atoms with Crippen LogP contribution in [0, 0.1) is 0 Å². The maximum Gasteiger partial charge on any atom is 0.126 e. The summed E-state index contributed by atoms with van der Waals surface area (Å²) in [5.41, 5.74) is 4.08. The van der Waals surface area contributed by atoms with E-state index in [-0.39, 0.29) is 0 Å². The smallest absolute Gasteiger partial charge is 0.126 e. The third-order valence-corrected chi connectivity index (χ3v) is 5.85. The first-order chi connectivity index (χ1) is 13.2. The van der Waals surface area contributed by atoms with E-state index in [1.807, 2.05) is 6.20 Å². The molecular formula is C22H30N4O. The van der Waals surface area contributed by atoms with Gasteiger partial charge in [-0.15, -0.1) is 0 Å². The van der Waals surface area contributed by atoms with Crippen LogP contribution in [0.1, 0.15) is 24.0 Å². The van der Waals surface area contributed by atoms with E-state index in [4.69, 9.17) is 9.72 Å². The molecule has 0 saturated carbocycles. The lowest BCUT2D eigenvalue weighted by atomic mass is 10.0. The number of hydrogen-bond donors (Lipinski definition) is 1. The first-order valence-corrected chi connectivity index (χ1v) is 10.0. The molecular weight excluding hydrogens is 336 g/mol. The molecule has 1 aromatic carbocycles. The van der Waals surface area contributed by atoms with Crippen molar-refractivity contribution < 1.29 is 4.74 Å². The summed E-state index contributed by atoms with van der Waals surface area (Å²) in [6, 6.07) is 11.2. The van der Waals surface area contributed by atoms with Gasteiger partial charge in [0.05, 0.1) is 19.0 Å². The predicted molar refractivity (Wildman–Crippen MR) is 111 cm³/mol. The number of ether oxygens (including phenoxy) is 1. The number of nitrogens with one attached hydrogen (secondary N) is 1. The first-order valence-electron chi connectivity index (χ1n) is 10.0. The second kappa shape index (κ2) is 8.17. The maximum absolute atomic E-state index is 5.41. The zero-order valence-corrected chi connectivity index (χ0v) is 16.4. The van der Waals surface area contributed by atoms with Crippen molar-refractivity contribution in [1.29, 1.82) is 0 Å². The molecule has 1 fully saturated rings. The largest absolute Gasteiger partial charge is 0.497 e. The van der Waals surface area contributed by atoms with E-state index in [9.17, 15) is 0 Å². The van der Waals surface area contributed by atoms with Crippen molar-refractivity contribution in [3.8, 4) is 5.75 Å². The molecule has 2 heterocycles. The van der Waals surface area contributed by atoms with Crippen LogP contribution in [0.2, 0.25) is 0 Å². The van der Waals surface area contributed by atoms with Crippen LogP contribution < -0.4 is 15.0 Å². The Morgan fingerprint density at radius 1 is 1.07 bits per heavy atom. The molecule has 144 valence electrons. The molecule has 2 aromatic rings. The number of aromatic nitrogens is 1. The van der Waals surface area contributed by atoms with Gasteiger partial charge in [0.2, 0.25) is 0 Å². The number of pyridine rings is 1. The van der Waals surface area contributed by atoms with Crippen molar-refractivity contribution in [2.75, 3.05) is 50.6 Å². The molecule has 0 bridgehead atoms. The summed E-state index contributed by atoms with van der Waals surface area (Å²) in [5.74, 6) is 1.92. The Bertz CT molecular complexity index is 753. The minimum atomic E-state index is 0.417. The molecule has 1 aromatic heterocycles. The number of anilines is 2. The van der Waals surface area contributed by atoms with Gasteiger partial charge in [-0.2, -0.15) is 0 Å². The third-order valence-electron chi connectivity index (χ3n) is 5.85. The van der Waals surface area contributed by atoms with Crippen LogP contribution >= 0.6 is 0 Å². The van der Waals surface area contributed by atoms with Gasteiger partial charge in [0.15, 0.2) is 0 Å². The SMILES string of the molecule is COc1ccc2c(c1)CC(Nc1ccc(N3CCN(C)CC3)cn1)CCC2. The van der Waals surface area contributed by atoms with Gasteiger partial charge in [-0.25, -0.2) is 4.98 Å². The van der Waals surface area contributed by atoms with Crippen LogP contribution in [-0.4, -0.2) is 56.3 Å². The number of fused-ring (bicyclic) bond motifs is 1. The summed E-state index contributed by atoms with van der Waals surface area (Å²) < 4.78 is 5.41. The van der Waals surface area contributed by atoms with Gasteiger partial charge in [0.1, 0.15) is 11.6 Å². The minimum absolute atomic E-state index is 0.417. The van der Waals surface area contributed by atoms with Gasteiger partial charge >= 0.3 is 0 Å². The molecule has 1 unspecified atom stereocenters. The number of benzene rings is 1. The molecule has 1 aliphatic carbocycles. The molecule has 0 amide bonds. The predicted octanol–water partition coefficient (Wildman–Crippen LogP) is 3.20. The Morgan fingerprint density at radius 3 is 2.67 bits per heavy atom. The molecule has 0 radical (unpaired) electrons. The number of rotatable bonds is 4. The van der Waals surface area contributed by atoms with Gasteiger partial charge in [-0.3, -0.25) is 0 Å². The molecule has 1 atom stereocenters. The zero-order valence-electron chi connectivity index (χ0n) is 16.4. The summed E-state index contributed by atoms with van der Waals surface area (Å²) in [6.45, 7) is 4.38. The summed E-state index contributed by atoms with van der Waals surface area (Å²) in [7, 11) is 3.92. The van der Waals surface area contributed by atoms with Crippen molar-refractivity contribution in [2.45, 2.75) is 31.7 Å². The van der Waals surface area contributed by atoms with Crippen molar-refractivity contribution in [3.63, 3.8) is 0 Å². The van der Waals surface area contributed by atoms with Crippen molar-refractivity contribution in [2.24, 2.45) is 0 Å². The van der Waals surface area contributed by atoms with Crippen molar-refractivity contribution >= 4 is 11.5 Å². The Kier molecular flexibility index (Phi) is 5.48. The number of aryl methyl sites for hydroxylation is 1. The Hall–Kier alpha value is -2.27. The topological polar surface area (TPSA) is 40.6 Å². The van der Waals surface area contributed by atoms with Crippen LogP contribution in [0.4, 0.5) is 11.5 Å². The van der Waals surface area contributed by atoms with Gasteiger partial charge in [-0.05, 0) is 68.1 Å². The highest BCUT2D eigenvalue weighted by molar-refractivity contribution is 5.50. The monoisotopic (exact) mass is 366 g/mol. The van der Waals surface area contributed by atoms with Crippen LogP contribution in [0.3, 0.4) is 0 Å². The van der Waals surface area contributed by atoms with Gasteiger partial charge in [-0.1, -0.05) is 6.07 Å². The van der Waals surface area contributed by atoms with Crippen LogP contribution in [0.5, 0.6) is 5.75 Å². The highest BCUT2D eigenvalue weighted by atomic mass is 16.5. The summed E-state index contributed by atoms with van der Waals surface area (Å²) in [4.78, 5) is 9.49. The second-order valence-corrected chi connectivity index (χ2v) is 7.76. The first kappa shape index (κ1) is 18.1. The molecule has 4 rings (SSSR count). The summed E-state index contributed by atoms with van der Waals surface area (Å²) >= 11 is 0. The number of methoxy groups -OCH3 is 1. The maximum atomic E-state index is 5.41. The van der Waals surface area contributed by atoms with E-state index in [0.29, 0.717) is 6.04 Å². The summed E-state index contributed by atoms with van der Waals surface area (Å²) in [6.07, 6.45) is 6.55. The number of hydrogen-bond acceptors (Lipinski definition) is 5. The summed E-state index contributed by atoms with van der Waals surface area (Å²) in [5, 5.41) is 3.66. The quantitative estimate of drug-likeness (QED) is 0.842. The molecule has 5 heteroatoms. The van der Waals surface area contributed by atoms with E-state index >= 15 is 0 Å². The van der Waals surface area contributed by atoms with Crippen LogP contribution in [-0.2, 0) is 12.8 Å². The van der Waals surface area contributed by atoms with Crippen molar-refractivity contribution in [3.05, 3.63) is 47.7 Å². The van der Waals surface area contributed by atoms with E-state index in [2.05, 4.69) is 52.5 Å². The fraction of sp³-hybridized carbons (Fsp3) is 0.500. The lowest BCUT2D eigenvalue weighted by Gasteiger charge is -2.33. The van der Waals surface area contributed by atoms with E-state index in [1.165, 1.54) is 29.7 Å². The molecule has 1 aliphatic heterocycles.